The second-order valence-corrected chi connectivity index (χ2v) is 7.00. The largest absolute Gasteiger partial charge is 0.272 e. The summed E-state index contributed by atoms with van der Waals surface area (Å²) in [5, 5.41) is 8.09. The van der Waals surface area contributed by atoms with Crippen molar-refractivity contribution in [2.45, 2.75) is 18.4 Å². The summed E-state index contributed by atoms with van der Waals surface area (Å²) < 4.78 is 43.4. The van der Waals surface area contributed by atoms with Gasteiger partial charge in [-0.25, -0.2) is 12.8 Å². The smallest absolute Gasteiger partial charge is 0.266 e. The van der Waals surface area contributed by atoms with Crippen LogP contribution >= 0.6 is 0 Å². The zero-order chi connectivity index (χ0) is 17.3. The van der Waals surface area contributed by atoms with E-state index in [2.05, 4.69) is 14.9 Å². The van der Waals surface area contributed by atoms with Gasteiger partial charge < -0.3 is 0 Å². The predicted molar refractivity (Wildman–Crippen MR) is 86.5 cm³/mol. The van der Waals surface area contributed by atoms with Crippen LogP contribution in [0.25, 0.3) is 0 Å². The van der Waals surface area contributed by atoms with E-state index in [1.54, 1.807) is 38.4 Å². The molecule has 3 aromatic rings. The van der Waals surface area contributed by atoms with Gasteiger partial charge in [-0.1, -0.05) is 12.1 Å². The molecule has 0 aliphatic rings. The van der Waals surface area contributed by atoms with E-state index in [4.69, 9.17) is 0 Å². The summed E-state index contributed by atoms with van der Waals surface area (Å²) in [5.41, 5.74) is 1.26. The Kier molecular flexibility index (Phi) is 4.10. The second-order valence-electron chi connectivity index (χ2n) is 5.35. The fourth-order valence-corrected chi connectivity index (χ4v) is 3.46. The number of aryl methyl sites for hydroxylation is 1. The Morgan fingerprint density at radius 2 is 2.08 bits per heavy atom. The van der Waals surface area contributed by atoms with Crippen LogP contribution in [0.5, 0.6) is 0 Å². The first-order valence-electron chi connectivity index (χ1n) is 7.14. The molecule has 7 nitrogen and oxygen atoms in total. The average molecular weight is 349 g/mol. The van der Waals surface area contributed by atoms with Crippen LogP contribution in [-0.2, 0) is 23.6 Å². The fraction of sp³-hybridized carbons (Fsp3) is 0.200. The number of anilines is 1. The number of hydrogen-bond donors (Lipinski definition) is 1. The highest BCUT2D eigenvalue weighted by Gasteiger charge is 2.21. The molecule has 0 unspecified atom stereocenters. The highest BCUT2D eigenvalue weighted by Crippen LogP contribution is 2.17. The second kappa shape index (κ2) is 6.08. The molecule has 0 fully saturated rings. The van der Waals surface area contributed by atoms with Crippen molar-refractivity contribution in [2.75, 3.05) is 4.72 Å². The molecule has 0 aliphatic heterocycles. The number of nitrogens with zero attached hydrogens (tertiary/aromatic N) is 4. The van der Waals surface area contributed by atoms with E-state index in [-0.39, 0.29) is 16.5 Å². The molecule has 2 heterocycles. The maximum atomic E-state index is 13.2. The Morgan fingerprint density at radius 1 is 1.29 bits per heavy atom. The van der Waals surface area contributed by atoms with Crippen molar-refractivity contribution in [2.24, 2.45) is 7.05 Å². The lowest BCUT2D eigenvalue weighted by Crippen LogP contribution is -2.14. The first-order valence-corrected chi connectivity index (χ1v) is 8.63. The summed E-state index contributed by atoms with van der Waals surface area (Å²) in [4.78, 5) is 0.102. The molecule has 1 aromatic carbocycles. The number of benzene rings is 1. The van der Waals surface area contributed by atoms with Gasteiger partial charge in [-0.3, -0.25) is 14.1 Å². The lowest BCUT2D eigenvalue weighted by atomic mass is 10.2. The maximum absolute atomic E-state index is 13.2. The normalized spacial score (nSPS) is 11.6. The summed E-state index contributed by atoms with van der Waals surface area (Å²) >= 11 is 0. The lowest BCUT2D eigenvalue weighted by molar-refractivity contribution is 0.599. The van der Waals surface area contributed by atoms with Crippen molar-refractivity contribution >= 4 is 15.8 Å². The molecule has 0 atom stereocenters. The molecular weight excluding hydrogens is 333 g/mol. The molecule has 0 amide bonds. The standard InChI is InChI=1S/C15H16FN5O2S/c1-11-14(9-17-20(11)2)24(22,23)19-15-6-7-21(18-15)10-12-4-3-5-13(16)8-12/h3-9H,10H2,1-2H3,(H,18,19). The minimum absolute atomic E-state index is 0.102. The minimum Gasteiger partial charge on any atom is -0.272 e. The number of halogens is 1. The van der Waals surface area contributed by atoms with Crippen LogP contribution in [0.1, 0.15) is 11.3 Å². The molecule has 0 aliphatic carbocycles. The topological polar surface area (TPSA) is 81.8 Å². The van der Waals surface area contributed by atoms with E-state index in [1.807, 2.05) is 0 Å². The molecule has 0 radical (unpaired) electrons. The quantitative estimate of drug-likeness (QED) is 0.763. The third-order valence-electron chi connectivity index (χ3n) is 3.59. The van der Waals surface area contributed by atoms with Gasteiger partial charge in [0, 0.05) is 19.3 Å². The zero-order valence-corrected chi connectivity index (χ0v) is 14.0. The monoisotopic (exact) mass is 349 g/mol. The molecule has 3 rings (SSSR count). The molecule has 0 saturated carbocycles. The Labute approximate surface area is 138 Å². The van der Waals surface area contributed by atoms with E-state index >= 15 is 0 Å². The molecule has 126 valence electrons. The van der Waals surface area contributed by atoms with Crippen molar-refractivity contribution in [3.05, 3.63) is 59.8 Å². The van der Waals surface area contributed by atoms with Crippen LogP contribution in [0.4, 0.5) is 10.2 Å². The molecule has 1 N–H and O–H groups in total. The van der Waals surface area contributed by atoms with Gasteiger partial charge in [0.15, 0.2) is 5.82 Å². The first kappa shape index (κ1) is 16.2. The van der Waals surface area contributed by atoms with Gasteiger partial charge in [-0.15, -0.1) is 0 Å². The van der Waals surface area contributed by atoms with E-state index < -0.39 is 10.0 Å². The molecule has 2 aromatic heterocycles. The first-order chi connectivity index (χ1) is 11.3. The fourth-order valence-electron chi connectivity index (χ4n) is 2.26. The van der Waals surface area contributed by atoms with Crippen molar-refractivity contribution in [3.8, 4) is 0 Å². The van der Waals surface area contributed by atoms with Crippen LogP contribution in [0.15, 0.2) is 47.6 Å². The molecule has 0 spiro atoms. The Morgan fingerprint density at radius 3 is 2.75 bits per heavy atom. The van der Waals surface area contributed by atoms with E-state index in [9.17, 15) is 12.8 Å². The summed E-state index contributed by atoms with van der Waals surface area (Å²) in [6, 6.07) is 7.70. The third kappa shape index (κ3) is 3.30. The SMILES string of the molecule is Cc1c(S(=O)(=O)Nc2ccn(Cc3cccc(F)c3)n2)cnn1C. The van der Waals surface area contributed by atoms with Crippen molar-refractivity contribution in [3.63, 3.8) is 0 Å². The summed E-state index contributed by atoms with van der Waals surface area (Å²) in [6.07, 6.45) is 2.92. The van der Waals surface area contributed by atoms with E-state index in [0.717, 1.165) is 5.56 Å². The van der Waals surface area contributed by atoms with Gasteiger partial charge in [-0.2, -0.15) is 10.2 Å². The maximum Gasteiger partial charge on any atom is 0.266 e. The van der Waals surface area contributed by atoms with Crippen LogP contribution in [0.3, 0.4) is 0 Å². The number of rotatable bonds is 5. The number of sulfonamides is 1. The highest BCUT2D eigenvalue weighted by molar-refractivity contribution is 7.92. The number of aromatic nitrogens is 4. The number of hydrogen-bond acceptors (Lipinski definition) is 4. The molecule has 0 bridgehead atoms. The minimum atomic E-state index is -3.76. The van der Waals surface area contributed by atoms with Crippen LogP contribution in [0, 0.1) is 12.7 Å². The molecule has 0 saturated heterocycles. The van der Waals surface area contributed by atoms with E-state index in [1.165, 1.54) is 27.7 Å². The lowest BCUT2D eigenvalue weighted by Gasteiger charge is -2.05. The number of nitrogens with one attached hydrogen (secondary N) is 1. The van der Waals surface area contributed by atoms with Crippen molar-refractivity contribution in [1.29, 1.82) is 0 Å². The van der Waals surface area contributed by atoms with Gasteiger partial charge >= 0.3 is 0 Å². The predicted octanol–water partition coefficient (Wildman–Crippen LogP) is 1.91. The van der Waals surface area contributed by atoms with Gasteiger partial charge in [0.2, 0.25) is 0 Å². The summed E-state index contributed by atoms with van der Waals surface area (Å²) in [7, 11) is -2.09. The summed E-state index contributed by atoms with van der Waals surface area (Å²) in [5.74, 6) is -0.137. The van der Waals surface area contributed by atoms with Gasteiger partial charge in [0.1, 0.15) is 10.7 Å². The van der Waals surface area contributed by atoms with Crippen molar-refractivity contribution < 1.29 is 12.8 Å². The van der Waals surface area contributed by atoms with Crippen LogP contribution in [-0.4, -0.2) is 28.0 Å². The van der Waals surface area contributed by atoms with Gasteiger partial charge in [0.25, 0.3) is 10.0 Å². The van der Waals surface area contributed by atoms with Gasteiger partial charge in [-0.05, 0) is 24.6 Å². The molecule has 9 heteroatoms. The van der Waals surface area contributed by atoms with Crippen LogP contribution < -0.4 is 4.72 Å². The Bertz CT molecular complexity index is 977. The van der Waals surface area contributed by atoms with Crippen molar-refractivity contribution in [1.82, 2.24) is 19.6 Å². The Balaban J connectivity index is 1.77. The summed E-state index contributed by atoms with van der Waals surface area (Å²) in [6.45, 7) is 2.01. The molecular formula is C15H16FN5O2S. The molecule has 24 heavy (non-hydrogen) atoms. The zero-order valence-electron chi connectivity index (χ0n) is 13.1. The van der Waals surface area contributed by atoms with Crippen LogP contribution in [0.2, 0.25) is 0 Å². The Hall–Kier alpha value is -2.68. The third-order valence-corrected chi connectivity index (χ3v) is 5.05. The van der Waals surface area contributed by atoms with Gasteiger partial charge in [0.05, 0.1) is 18.4 Å². The highest BCUT2D eigenvalue weighted by atomic mass is 32.2. The van der Waals surface area contributed by atoms with E-state index in [0.29, 0.717) is 12.2 Å². The average Bonchev–Trinajstić information content (AvgIpc) is 3.06.